The lowest BCUT2D eigenvalue weighted by Gasteiger charge is -2.32. The van der Waals surface area contributed by atoms with E-state index in [1.165, 1.54) is 0 Å². The lowest BCUT2D eigenvalue weighted by molar-refractivity contribution is 0.166. The highest BCUT2D eigenvalue weighted by molar-refractivity contribution is 5.65. The van der Waals surface area contributed by atoms with Gasteiger partial charge in [0.15, 0.2) is 0 Å². The molecule has 0 saturated heterocycles. The first-order valence-electron chi connectivity index (χ1n) is 7.57. The summed E-state index contributed by atoms with van der Waals surface area (Å²) in [5.74, 6) is -0.0404. The number of aliphatic hydroxyl groups is 2. The third kappa shape index (κ3) is 1.84. The molecule has 1 aliphatic rings. The van der Waals surface area contributed by atoms with Gasteiger partial charge in [0.25, 0.3) is 0 Å². The van der Waals surface area contributed by atoms with Crippen LogP contribution in [0.4, 0.5) is 0 Å². The zero-order valence-electron chi connectivity index (χ0n) is 12.7. The second-order valence-corrected chi connectivity index (χ2v) is 5.62. The predicted molar refractivity (Wildman–Crippen MR) is 83.1 cm³/mol. The van der Waals surface area contributed by atoms with Crippen molar-refractivity contribution in [2.75, 3.05) is 0 Å². The van der Waals surface area contributed by atoms with Crippen molar-refractivity contribution in [1.29, 1.82) is 0 Å². The summed E-state index contributed by atoms with van der Waals surface area (Å²) in [6.07, 6.45) is -1.03. The van der Waals surface area contributed by atoms with Gasteiger partial charge in [-0.15, -0.1) is 0 Å². The van der Waals surface area contributed by atoms with Crippen molar-refractivity contribution in [1.82, 2.24) is 0 Å². The third-order valence-corrected chi connectivity index (χ3v) is 4.58. The van der Waals surface area contributed by atoms with E-state index in [-0.39, 0.29) is 22.6 Å². The number of phenolic OH excluding ortho intramolecular Hbond substituents is 2. The van der Waals surface area contributed by atoms with Gasteiger partial charge in [0.2, 0.25) is 0 Å². The molecule has 0 bridgehead atoms. The number of phenols is 2. The Kier molecular flexibility index (Phi) is 3.59. The molecule has 0 fully saturated rings. The average molecular weight is 300 g/mol. The molecule has 0 saturated carbocycles. The second-order valence-electron chi connectivity index (χ2n) is 5.62. The molecule has 4 nitrogen and oxygen atoms in total. The van der Waals surface area contributed by atoms with Gasteiger partial charge >= 0.3 is 0 Å². The SMILES string of the molecule is CCc1c(O)c2c(c(O)c1CC)C(O)c1ccccc1C2O. The zero-order chi connectivity index (χ0) is 16.0. The maximum atomic E-state index is 10.6. The van der Waals surface area contributed by atoms with Gasteiger partial charge in [0, 0.05) is 22.3 Å². The Morgan fingerprint density at radius 2 is 1.14 bits per heavy atom. The molecule has 0 spiro atoms. The quantitative estimate of drug-likeness (QED) is 0.643. The number of hydrogen-bond donors (Lipinski definition) is 4. The first-order chi connectivity index (χ1) is 10.5. The molecule has 2 aromatic rings. The Balaban J connectivity index is 2.37. The number of hydrogen-bond acceptors (Lipinski definition) is 4. The average Bonchev–Trinajstić information content (AvgIpc) is 2.53. The van der Waals surface area contributed by atoms with Gasteiger partial charge in [-0.2, -0.15) is 0 Å². The van der Waals surface area contributed by atoms with Gasteiger partial charge in [-0.25, -0.2) is 0 Å². The molecule has 22 heavy (non-hydrogen) atoms. The van der Waals surface area contributed by atoms with E-state index in [1.807, 2.05) is 13.8 Å². The first-order valence-corrected chi connectivity index (χ1v) is 7.57. The van der Waals surface area contributed by atoms with Crippen molar-refractivity contribution in [3.05, 3.63) is 57.6 Å². The van der Waals surface area contributed by atoms with Crippen LogP contribution < -0.4 is 0 Å². The number of fused-ring (bicyclic) bond motifs is 2. The summed E-state index contributed by atoms with van der Waals surface area (Å²) in [5, 5.41) is 42.5. The molecule has 1 aliphatic carbocycles. The molecule has 2 atom stereocenters. The van der Waals surface area contributed by atoms with Gasteiger partial charge in [0.1, 0.15) is 23.7 Å². The molecule has 4 N–H and O–H groups in total. The van der Waals surface area contributed by atoms with Crippen LogP contribution in [-0.2, 0) is 12.8 Å². The van der Waals surface area contributed by atoms with Crippen LogP contribution in [0, 0.1) is 0 Å². The summed E-state index contributed by atoms with van der Waals surface area (Å²) in [6, 6.07) is 7.00. The Morgan fingerprint density at radius 3 is 1.45 bits per heavy atom. The zero-order valence-corrected chi connectivity index (χ0v) is 12.7. The highest BCUT2D eigenvalue weighted by Crippen LogP contribution is 2.51. The van der Waals surface area contributed by atoms with Crippen LogP contribution >= 0.6 is 0 Å². The van der Waals surface area contributed by atoms with E-state index in [1.54, 1.807) is 24.3 Å². The van der Waals surface area contributed by atoms with Crippen molar-refractivity contribution in [2.24, 2.45) is 0 Å². The number of aliphatic hydroxyl groups excluding tert-OH is 2. The molecule has 0 aliphatic heterocycles. The summed E-state index contributed by atoms with van der Waals surface area (Å²) in [4.78, 5) is 0. The third-order valence-electron chi connectivity index (χ3n) is 4.58. The van der Waals surface area contributed by atoms with Crippen LogP contribution in [0.3, 0.4) is 0 Å². The molecule has 0 radical (unpaired) electrons. The highest BCUT2D eigenvalue weighted by Gasteiger charge is 2.36. The lowest BCUT2D eigenvalue weighted by Crippen LogP contribution is -2.19. The Hall–Kier alpha value is -2.04. The van der Waals surface area contributed by atoms with Crippen LogP contribution in [-0.4, -0.2) is 20.4 Å². The minimum atomic E-state index is -1.06. The fourth-order valence-corrected chi connectivity index (χ4v) is 3.50. The summed E-state index contributed by atoms with van der Waals surface area (Å²) in [6.45, 7) is 3.78. The first kappa shape index (κ1) is 14.9. The molecule has 3 rings (SSSR count). The highest BCUT2D eigenvalue weighted by atomic mass is 16.3. The smallest absolute Gasteiger partial charge is 0.125 e. The predicted octanol–water partition coefficient (Wildman–Crippen LogP) is 2.70. The van der Waals surface area contributed by atoms with E-state index in [4.69, 9.17) is 0 Å². The van der Waals surface area contributed by atoms with Gasteiger partial charge < -0.3 is 20.4 Å². The number of aromatic hydroxyl groups is 2. The maximum absolute atomic E-state index is 10.6. The number of rotatable bonds is 2. The molecule has 4 heteroatoms. The van der Waals surface area contributed by atoms with Gasteiger partial charge in [-0.3, -0.25) is 0 Å². The summed E-state index contributed by atoms with van der Waals surface area (Å²) in [7, 11) is 0. The number of benzene rings is 2. The van der Waals surface area contributed by atoms with Gasteiger partial charge in [-0.1, -0.05) is 38.1 Å². The summed E-state index contributed by atoms with van der Waals surface area (Å²) >= 11 is 0. The minimum Gasteiger partial charge on any atom is -0.507 e. The summed E-state index contributed by atoms with van der Waals surface area (Å²) < 4.78 is 0. The van der Waals surface area contributed by atoms with Crippen molar-refractivity contribution >= 4 is 0 Å². The molecule has 116 valence electrons. The normalized spacial score (nSPS) is 19.6. The van der Waals surface area contributed by atoms with E-state index in [9.17, 15) is 20.4 Å². The van der Waals surface area contributed by atoms with Crippen molar-refractivity contribution in [3.8, 4) is 11.5 Å². The Labute approximate surface area is 129 Å². The van der Waals surface area contributed by atoms with Crippen molar-refractivity contribution in [3.63, 3.8) is 0 Å². The standard InChI is InChI=1S/C18H20O4/c1-3-9-10(4-2)16(20)14-13(15(9)19)17(21)11-7-5-6-8-12(11)18(14)22/h5-8,17-22H,3-4H2,1-2H3. The molecule has 2 aromatic carbocycles. The van der Waals surface area contributed by atoms with Crippen molar-refractivity contribution < 1.29 is 20.4 Å². The fraction of sp³-hybridized carbons (Fsp3) is 0.333. The molecular weight excluding hydrogens is 280 g/mol. The summed E-state index contributed by atoms with van der Waals surface area (Å²) in [5.41, 5.74) is 2.82. The van der Waals surface area contributed by atoms with E-state index >= 15 is 0 Å². The van der Waals surface area contributed by atoms with Crippen LogP contribution in [0.15, 0.2) is 24.3 Å². The topological polar surface area (TPSA) is 80.9 Å². The minimum absolute atomic E-state index is 0.0202. The fourth-order valence-electron chi connectivity index (χ4n) is 3.50. The molecule has 2 unspecified atom stereocenters. The molecule has 0 aromatic heterocycles. The Bertz CT molecular complexity index is 674. The maximum Gasteiger partial charge on any atom is 0.125 e. The molecular formula is C18H20O4. The molecule has 0 amide bonds. The van der Waals surface area contributed by atoms with Gasteiger partial charge in [-0.05, 0) is 24.0 Å². The van der Waals surface area contributed by atoms with Crippen LogP contribution in [0.1, 0.15) is 59.4 Å². The monoisotopic (exact) mass is 300 g/mol. The van der Waals surface area contributed by atoms with Crippen LogP contribution in [0.2, 0.25) is 0 Å². The van der Waals surface area contributed by atoms with Crippen LogP contribution in [0.25, 0.3) is 0 Å². The van der Waals surface area contributed by atoms with E-state index in [0.717, 1.165) is 0 Å². The van der Waals surface area contributed by atoms with Crippen molar-refractivity contribution in [2.45, 2.75) is 38.9 Å². The Morgan fingerprint density at radius 1 is 0.773 bits per heavy atom. The van der Waals surface area contributed by atoms with E-state index < -0.39 is 12.2 Å². The van der Waals surface area contributed by atoms with Gasteiger partial charge in [0.05, 0.1) is 0 Å². The van der Waals surface area contributed by atoms with E-state index in [0.29, 0.717) is 35.1 Å². The van der Waals surface area contributed by atoms with E-state index in [2.05, 4.69) is 0 Å². The largest absolute Gasteiger partial charge is 0.507 e. The second kappa shape index (κ2) is 5.30. The van der Waals surface area contributed by atoms with Crippen LogP contribution in [0.5, 0.6) is 11.5 Å². The molecule has 0 heterocycles. The lowest BCUT2D eigenvalue weighted by atomic mass is 9.78.